The lowest BCUT2D eigenvalue weighted by molar-refractivity contribution is 0.102. The summed E-state index contributed by atoms with van der Waals surface area (Å²) in [5, 5.41) is 3.86. The smallest absolute Gasteiger partial charge is 0.256 e. The third kappa shape index (κ3) is 2.75. The fourth-order valence-electron chi connectivity index (χ4n) is 2.92. The summed E-state index contributed by atoms with van der Waals surface area (Å²) in [4.78, 5) is 26.2. The molecule has 4 rings (SSSR count). The van der Waals surface area contributed by atoms with Crippen LogP contribution in [0.15, 0.2) is 42.9 Å². The molecule has 1 fully saturated rings. The van der Waals surface area contributed by atoms with Crippen LogP contribution in [0.2, 0.25) is 0 Å². The van der Waals surface area contributed by atoms with Gasteiger partial charge in [-0.15, -0.1) is 0 Å². The molecule has 3 aromatic rings. The fourth-order valence-corrected chi connectivity index (χ4v) is 2.92. The van der Waals surface area contributed by atoms with Crippen molar-refractivity contribution < 1.29 is 4.79 Å². The summed E-state index contributed by atoms with van der Waals surface area (Å²) in [5.41, 5.74) is 1.62. The van der Waals surface area contributed by atoms with Crippen LogP contribution in [0.25, 0.3) is 10.9 Å². The number of benzene rings is 1. The minimum absolute atomic E-state index is 0.167. The number of anilines is 2. The summed E-state index contributed by atoms with van der Waals surface area (Å²) in [6, 6.07) is 9.35. The highest BCUT2D eigenvalue weighted by molar-refractivity contribution is 6.05. The highest BCUT2D eigenvalue weighted by Gasteiger charge is 2.15. The van der Waals surface area contributed by atoms with Crippen molar-refractivity contribution in [2.24, 2.45) is 0 Å². The quantitative estimate of drug-likeness (QED) is 0.780. The van der Waals surface area contributed by atoms with Gasteiger partial charge in [0.05, 0.1) is 0 Å². The van der Waals surface area contributed by atoms with E-state index in [1.165, 1.54) is 19.2 Å². The van der Waals surface area contributed by atoms with Gasteiger partial charge >= 0.3 is 0 Å². The van der Waals surface area contributed by atoms with E-state index < -0.39 is 0 Å². The molecule has 0 aliphatic carbocycles. The summed E-state index contributed by atoms with van der Waals surface area (Å²) in [6.45, 7) is 2.02. The molecule has 23 heavy (non-hydrogen) atoms. The Bertz CT molecular complexity index is 851. The van der Waals surface area contributed by atoms with Crippen LogP contribution in [0.3, 0.4) is 0 Å². The third-order valence-electron chi connectivity index (χ3n) is 4.14. The number of carbonyl (C=O) groups excluding carboxylic acids is 1. The third-order valence-corrected chi connectivity index (χ3v) is 4.14. The lowest BCUT2D eigenvalue weighted by atomic mass is 10.1. The van der Waals surface area contributed by atoms with Crippen LogP contribution in [0.4, 0.5) is 11.6 Å². The number of amides is 1. The highest BCUT2D eigenvalue weighted by atomic mass is 16.1. The molecule has 3 heterocycles. The Morgan fingerprint density at radius 2 is 2.00 bits per heavy atom. The molecule has 0 spiro atoms. The normalized spacial score (nSPS) is 14.3. The minimum atomic E-state index is -0.167. The lowest BCUT2D eigenvalue weighted by Crippen LogP contribution is -2.20. The lowest BCUT2D eigenvalue weighted by Gasteiger charge is -2.16. The Labute approximate surface area is 133 Å². The number of aromatic nitrogens is 3. The Morgan fingerprint density at radius 3 is 2.87 bits per heavy atom. The summed E-state index contributed by atoms with van der Waals surface area (Å²) < 4.78 is 0. The van der Waals surface area contributed by atoms with Gasteiger partial charge in [0.1, 0.15) is 18.0 Å². The van der Waals surface area contributed by atoms with Crippen molar-refractivity contribution in [2.75, 3.05) is 23.3 Å². The second kappa shape index (κ2) is 5.72. The first-order chi connectivity index (χ1) is 11.3. The van der Waals surface area contributed by atoms with Crippen molar-refractivity contribution >= 4 is 28.4 Å². The average molecular weight is 307 g/mol. The summed E-state index contributed by atoms with van der Waals surface area (Å²) in [5.74, 6) is 1.23. The number of fused-ring (bicyclic) bond motifs is 1. The SMILES string of the molecule is O=C(Nc1cc(N2CCCC2)ncn1)c1ccc2[nH]ccc2c1. The van der Waals surface area contributed by atoms with E-state index >= 15 is 0 Å². The number of H-pyrrole nitrogens is 1. The van der Waals surface area contributed by atoms with E-state index in [9.17, 15) is 4.79 Å². The molecule has 6 heteroatoms. The van der Waals surface area contributed by atoms with E-state index in [1.807, 2.05) is 30.5 Å². The molecule has 116 valence electrons. The van der Waals surface area contributed by atoms with E-state index in [-0.39, 0.29) is 5.91 Å². The zero-order valence-electron chi connectivity index (χ0n) is 12.6. The van der Waals surface area contributed by atoms with Gasteiger partial charge in [-0.2, -0.15) is 0 Å². The number of rotatable bonds is 3. The minimum Gasteiger partial charge on any atom is -0.361 e. The van der Waals surface area contributed by atoms with E-state index in [0.717, 1.165) is 29.8 Å². The van der Waals surface area contributed by atoms with Crippen LogP contribution in [0.1, 0.15) is 23.2 Å². The van der Waals surface area contributed by atoms with E-state index in [0.29, 0.717) is 11.4 Å². The number of nitrogens with one attached hydrogen (secondary N) is 2. The second-order valence-corrected chi connectivity index (χ2v) is 5.69. The van der Waals surface area contributed by atoms with Crippen LogP contribution in [-0.2, 0) is 0 Å². The predicted molar refractivity (Wildman–Crippen MR) is 89.7 cm³/mol. The van der Waals surface area contributed by atoms with Gasteiger partial charge in [0, 0.05) is 41.8 Å². The van der Waals surface area contributed by atoms with Gasteiger partial charge in [0.25, 0.3) is 5.91 Å². The molecule has 6 nitrogen and oxygen atoms in total. The predicted octanol–water partition coefficient (Wildman–Crippen LogP) is 2.81. The zero-order chi connectivity index (χ0) is 15.6. The zero-order valence-corrected chi connectivity index (χ0v) is 12.6. The molecule has 0 atom stereocenters. The van der Waals surface area contributed by atoms with E-state index in [1.54, 1.807) is 6.07 Å². The molecular formula is C17H17N5O. The molecule has 1 aromatic carbocycles. The van der Waals surface area contributed by atoms with Gasteiger partial charge in [0.2, 0.25) is 0 Å². The molecular weight excluding hydrogens is 290 g/mol. The molecule has 0 unspecified atom stereocenters. The second-order valence-electron chi connectivity index (χ2n) is 5.69. The van der Waals surface area contributed by atoms with Crippen molar-refractivity contribution in [1.82, 2.24) is 15.0 Å². The Balaban J connectivity index is 1.54. The van der Waals surface area contributed by atoms with Gasteiger partial charge in [-0.1, -0.05) is 0 Å². The summed E-state index contributed by atoms with van der Waals surface area (Å²) in [7, 11) is 0. The maximum atomic E-state index is 12.4. The monoisotopic (exact) mass is 307 g/mol. The Hall–Kier alpha value is -2.89. The van der Waals surface area contributed by atoms with Gasteiger partial charge in [0.15, 0.2) is 0 Å². The molecule has 1 saturated heterocycles. The van der Waals surface area contributed by atoms with Crippen LogP contribution >= 0.6 is 0 Å². The van der Waals surface area contributed by atoms with E-state index in [2.05, 4.69) is 25.2 Å². The average Bonchev–Trinajstić information content (AvgIpc) is 3.26. The van der Waals surface area contributed by atoms with Crippen molar-refractivity contribution in [3.05, 3.63) is 48.4 Å². The topological polar surface area (TPSA) is 73.9 Å². The van der Waals surface area contributed by atoms with Gasteiger partial charge < -0.3 is 15.2 Å². The van der Waals surface area contributed by atoms with Crippen molar-refractivity contribution in [2.45, 2.75) is 12.8 Å². The number of carbonyl (C=O) groups is 1. The largest absolute Gasteiger partial charge is 0.361 e. The molecule has 0 radical (unpaired) electrons. The van der Waals surface area contributed by atoms with Crippen molar-refractivity contribution in [3.8, 4) is 0 Å². The molecule has 1 aliphatic rings. The first-order valence-electron chi connectivity index (χ1n) is 7.75. The summed E-state index contributed by atoms with van der Waals surface area (Å²) in [6.07, 6.45) is 5.72. The van der Waals surface area contributed by atoms with Gasteiger partial charge in [-0.05, 0) is 37.1 Å². The number of hydrogen-bond donors (Lipinski definition) is 2. The first kappa shape index (κ1) is 13.8. The van der Waals surface area contributed by atoms with Crippen LogP contribution in [-0.4, -0.2) is 33.9 Å². The molecule has 0 saturated carbocycles. The molecule has 1 amide bonds. The van der Waals surface area contributed by atoms with Gasteiger partial charge in [-0.3, -0.25) is 4.79 Å². The summed E-state index contributed by atoms with van der Waals surface area (Å²) >= 11 is 0. The van der Waals surface area contributed by atoms with Crippen molar-refractivity contribution in [1.29, 1.82) is 0 Å². The van der Waals surface area contributed by atoms with E-state index in [4.69, 9.17) is 0 Å². The van der Waals surface area contributed by atoms with Crippen LogP contribution < -0.4 is 10.2 Å². The Kier molecular flexibility index (Phi) is 3.42. The number of hydrogen-bond acceptors (Lipinski definition) is 4. The maximum Gasteiger partial charge on any atom is 0.256 e. The standard InChI is InChI=1S/C17H17N5O/c23-17(13-3-4-14-12(9-13)5-6-18-14)21-15-10-16(20-11-19-15)22-7-1-2-8-22/h3-6,9-11,18H,1-2,7-8H2,(H,19,20,21,23). The molecule has 0 bridgehead atoms. The van der Waals surface area contributed by atoms with Crippen LogP contribution in [0.5, 0.6) is 0 Å². The maximum absolute atomic E-state index is 12.4. The molecule has 2 N–H and O–H groups in total. The van der Waals surface area contributed by atoms with Crippen molar-refractivity contribution in [3.63, 3.8) is 0 Å². The number of nitrogens with zero attached hydrogens (tertiary/aromatic N) is 3. The molecule has 1 aliphatic heterocycles. The Morgan fingerprint density at radius 1 is 1.13 bits per heavy atom. The molecule has 2 aromatic heterocycles. The number of aromatic amines is 1. The highest BCUT2D eigenvalue weighted by Crippen LogP contribution is 2.20. The van der Waals surface area contributed by atoms with Crippen LogP contribution in [0, 0.1) is 0 Å². The first-order valence-corrected chi connectivity index (χ1v) is 7.75. The van der Waals surface area contributed by atoms with Gasteiger partial charge in [-0.25, -0.2) is 9.97 Å². The fraction of sp³-hybridized carbons (Fsp3) is 0.235.